The summed E-state index contributed by atoms with van der Waals surface area (Å²) in [5.74, 6) is 6.42. The molecule has 0 radical (unpaired) electrons. The summed E-state index contributed by atoms with van der Waals surface area (Å²) < 4.78 is 5.25. The summed E-state index contributed by atoms with van der Waals surface area (Å²) in [7, 11) is 1.67. The lowest BCUT2D eigenvalue weighted by molar-refractivity contribution is -0.114. The van der Waals surface area contributed by atoms with Crippen LogP contribution in [0.4, 0.5) is 0 Å². The molecule has 0 unspecified atom stereocenters. The van der Waals surface area contributed by atoms with Gasteiger partial charge in [-0.25, -0.2) is 0 Å². The first-order valence-corrected chi connectivity index (χ1v) is 9.53. The summed E-state index contributed by atoms with van der Waals surface area (Å²) in [5.41, 5.74) is 3.17. The molecule has 3 aromatic carbocycles. The number of aryl methyl sites for hydroxylation is 1. The molecule has 3 rings (SSSR count). The molecule has 2 nitrogen and oxygen atoms in total. The fourth-order valence-corrected chi connectivity index (χ4v) is 3.22. The number of hydrogen-bond donors (Lipinski definition) is 0. The summed E-state index contributed by atoms with van der Waals surface area (Å²) in [6.07, 6.45) is 2.52. The number of hydrogen-bond acceptors (Lipinski definition) is 2. The molecular formula is C26H24O2. The van der Waals surface area contributed by atoms with E-state index in [0.717, 1.165) is 29.7 Å². The molecule has 0 aliphatic rings. The molecule has 0 aliphatic carbocycles. The monoisotopic (exact) mass is 368 g/mol. The molecule has 0 aliphatic heterocycles. The number of Topliss-reactive ketones (excluding diaryl/α,β-unsaturated/α-hetero) is 1. The van der Waals surface area contributed by atoms with E-state index in [0.29, 0.717) is 6.42 Å². The van der Waals surface area contributed by atoms with Crippen LogP contribution in [0.5, 0.6) is 5.75 Å². The molecule has 0 aromatic heterocycles. The zero-order chi connectivity index (χ0) is 19.6. The highest BCUT2D eigenvalue weighted by molar-refractivity contribution is 6.02. The van der Waals surface area contributed by atoms with Gasteiger partial charge in [-0.15, -0.1) is 0 Å². The highest BCUT2D eigenvalue weighted by Crippen LogP contribution is 2.25. The van der Waals surface area contributed by atoms with Crippen LogP contribution >= 0.6 is 0 Å². The van der Waals surface area contributed by atoms with Crippen LogP contribution in [-0.4, -0.2) is 12.9 Å². The lowest BCUT2D eigenvalue weighted by atomic mass is 9.88. The van der Waals surface area contributed by atoms with Crippen LogP contribution in [0.3, 0.4) is 0 Å². The van der Waals surface area contributed by atoms with Gasteiger partial charge in [0, 0.05) is 6.42 Å². The predicted octanol–water partition coefficient (Wildman–Crippen LogP) is 5.42. The van der Waals surface area contributed by atoms with E-state index in [1.165, 1.54) is 5.56 Å². The van der Waals surface area contributed by atoms with E-state index in [1.807, 2.05) is 78.9 Å². The minimum atomic E-state index is -0.340. The second-order valence-corrected chi connectivity index (χ2v) is 6.63. The zero-order valence-electron chi connectivity index (χ0n) is 16.1. The van der Waals surface area contributed by atoms with Gasteiger partial charge in [0.2, 0.25) is 5.78 Å². The first-order valence-electron chi connectivity index (χ1n) is 9.53. The van der Waals surface area contributed by atoms with Crippen molar-refractivity contribution in [3.05, 3.63) is 102 Å². The molecule has 0 spiro atoms. The third kappa shape index (κ3) is 5.34. The quantitative estimate of drug-likeness (QED) is 0.316. The van der Waals surface area contributed by atoms with Crippen LogP contribution in [0.2, 0.25) is 0 Å². The first-order chi connectivity index (χ1) is 13.8. The Morgan fingerprint density at radius 1 is 0.893 bits per heavy atom. The second-order valence-electron chi connectivity index (χ2n) is 6.63. The zero-order valence-corrected chi connectivity index (χ0v) is 16.1. The summed E-state index contributed by atoms with van der Waals surface area (Å²) in [4.78, 5) is 12.9. The Labute approximate surface area is 167 Å². The largest absolute Gasteiger partial charge is 0.497 e. The molecule has 0 saturated heterocycles. The highest BCUT2D eigenvalue weighted by atomic mass is 16.5. The lowest BCUT2D eigenvalue weighted by Crippen LogP contribution is -2.12. The van der Waals surface area contributed by atoms with E-state index in [1.54, 1.807) is 7.11 Å². The summed E-state index contributed by atoms with van der Waals surface area (Å²) >= 11 is 0. The maximum absolute atomic E-state index is 12.9. The Morgan fingerprint density at radius 3 is 2.14 bits per heavy atom. The predicted molar refractivity (Wildman–Crippen MR) is 113 cm³/mol. The molecule has 3 aromatic rings. The molecular weight excluding hydrogens is 344 g/mol. The number of carbonyl (C=O) groups is 1. The van der Waals surface area contributed by atoms with Crippen LogP contribution in [0.15, 0.2) is 84.9 Å². The maximum atomic E-state index is 12.9. The van der Waals surface area contributed by atoms with Crippen molar-refractivity contribution in [2.75, 3.05) is 7.11 Å². The third-order valence-electron chi connectivity index (χ3n) is 4.64. The molecule has 0 bridgehead atoms. The third-order valence-corrected chi connectivity index (χ3v) is 4.64. The standard InChI is InChI=1S/C26H24O2/c1-28-24-18-11-13-21(20-24)12-5-2-10-19-25(27)26(22-14-6-3-7-15-22)23-16-8-4-9-17-23/h3-4,6-9,11,13-18,20,26H,2,5,12H2,1H3. The lowest BCUT2D eigenvalue weighted by Gasteiger charge is -2.13. The number of carbonyl (C=O) groups excluding carboxylic acids is 1. The van der Waals surface area contributed by atoms with Crippen LogP contribution in [0.25, 0.3) is 0 Å². The molecule has 0 heterocycles. The van der Waals surface area contributed by atoms with Gasteiger partial charge in [0.1, 0.15) is 5.75 Å². The number of methoxy groups -OCH3 is 1. The second kappa shape index (κ2) is 10.1. The van der Waals surface area contributed by atoms with E-state index in [2.05, 4.69) is 17.9 Å². The van der Waals surface area contributed by atoms with E-state index < -0.39 is 0 Å². The number of ketones is 1. The Morgan fingerprint density at radius 2 is 1.54 bits per heavy atom. The van der Waals surface area contributed by atoms with Gasteiger partial charge < -0.3 is 4.74 Å². The summed E-state index contributed by atoms with van der Waals surface area (Å²) in [6, 6.07) is 27.8. The topological polar surface area (TPSA) is 26.3 Å². The Balaban J connectivity index is 1.64. The van der Waals surface area contributed by atoms with Crippen molar-refractivity contribution in [1.29, 1.82) is 0 Å². The summed E-state index contributed by atoms with van der Waals surface area (Å²) in [5, 5.41) is 0. The Bertz CT molecular complexity index is 910. The van der Waals surface area contributed by atoms with Crippen molar-refractivity contribution in [3.63, 3.8) is 0 Å². The maximum Gasteiger partial charge on any atom is 0.217 e. The average Bonchev–Trinajstić information content (AvgIpc) is 2.75. The van der Waals surface area contributed by atoms with Crippen molar-refractivity contribution in [2.24, 2.45) is 0 Å². The van der Waals surface area contributed by atoms with Gasteiger partial charge in [-0.2, -0.15) is 0 Å². The fourth-order valence-electron chi connectivity index (χ4n) is 3.22. The number of benzene rings is 3. The van der Waals surface area contributed by atoms with Crippen molar-refractivity contribution in [1.82, 2.24) is 0 Å². The van der Waals surface area contributed by atoms with Crippen molar-refractivity contribution < 1.29 is 9.53 Å². The van der Waals surface area contributed by atoms with Gasteiger partial charge >= 0.3 is 0 Å². The van der Waals surface area contributed by atoms with E-state index in [4.69, 9.17) is 4.74 Å². The molecule has 2 heteroatoms. The molecule has 0 saturated carbocycles. The van der Waals surface area contributed by atoms with Crippen molar-refractivity contribution in [3.8, 4) is 17.6 Å². The molecule has 28 heavy (non-hydrogen) atoms. The van der Waals surface area contributed by atoms with E-state index >= 15 is 0 Å². The minimum absolute atomic E-state index is 0.0567. The number of ether oxygens (including phenoxy) is 1. The molecule has 0 atom stereocenters. The summed E-state index contributed by atoms with van der Waals surface area (Å²) in [6.45, 7) is 0. The normalized spacial score (nSPS) is 10.2. The van der Waals surface area contributed by atoms with Gasteiger partial charge in [0.25, 0.3) is 0 Å². The van der Waals surface area contributed by atoms with Crippen molar-refractivity contribution >= 4 is 5.78 Å². The van der Waals surface area contributed by atoms with Crippen LogP contribution in [0.1, 0.15) is 35.4 Å². The van der Waals surface area contributed by atoms with Crippen LogP contribution in [-0.2, 0) is 11.2 Å². The van der Waals surface area contributed by atoms with Gasteiger partial charge in [0.05, 0.1) is 13.0 Å². The smallest absolute Gasteiger partial charge is 0.217 e. The fraction of sp³-hybridized carbons (Fsp3) is 0.192. The van der Waals surface area contributed by atoms with Gasteiger partial charge in [-0.1, -0.05) is 78.7 Å². The Kier molecular flexibility index (Phi) is 7.04. The van der Waals surface area contributed by atoms with Crippen LogP contribution < -0.4 is 4.74 Å². The SMILES string of the molecule is COc1cccc(CCCC#CC(=O)C(c2ccccc2)c2ccccc2)c1. The average molecular weight is 368 g/mol. The first kappa shape index (κ1) is 19.5. The number of rotatable bonds is 7. The molecule has 140 valence electrons. The molecule has 0 N–H and O–H groups in total. The van der Waals surface area contributed by atoms with E-state index in [-0.39, 0.29) is 11.7 Å². The van der Waals surface area contributed by atoms with E-state index in [9.17, 15) is 4.79 Å². The van der Waals surface area contributed by atoms with Gasteiger partial charge in [0.15, 0.2) is 0 Å². The molecule has 0 fully saturated rings. The van der Waals surface area contributed by atoms with Gasteiger partial charge in [-0.05, 0) is 47.6 Å². The highest BCUT2D eigenvalue weighted by Gasteiger charge is 2.20. The van der Waals surface area contributed by atoms with Gasteiger partial charge in [-0.3, -0.25) is 4.79 Å². The Hall–Kier alpha value is -3.31. The minimum Gasteiger partial charge on any atom is -0.497 e. The van der Waals surface area contributed by atoms with Crippen LogP contribution in [0, 0.1) is 11.8 Å². The molecule has 0 amide bonds. The van der Waals surface area contributed by atoms with Crippen molar-refractivity contribution in [2.45, 2.75) is 25.2 Å². The number of unbranched alkanes of at least 4 members (excludes halogenated alkanes) is 1.